The lowest BCUT2D eigenvalue weighted by Crippen LogP contribution is -2.47. The van der Waals surface area contributed by atoms with E-state index in [0.29, 0.717) is 19.4 Å². The van der Waals surface area contributed by atoms with Crippen molar-refractivity contribution in [2.75, 3.05) is 38.5 Å². The topological polar surface area (TPSA) is 295 Å². The first-order valence-electron chi connectivity index (χ1n) is 16.2. The van der Waals surface area contributed by atoms with Gasteiger partial charge in [-0.15, -0.1) is 0 Å². The molecule has 1 aliphatic carbocycles. The van der Waals surface area contributed by atoms with Gasteiger partial charge in [0, 0.05) is 46.1 Å². The van der Waals surface area contributed by atoms with E-state index in [4.69, 9.17) is 21.1 Å². The lowest BCUT2D eigenvalue weighted by atomic mass is 9.89. The van der Waals surface area contributed by atoms with Crippen LogP contribution in [0.3, 0.4) is 0 Å². The average molecular weight is 760 g/mol. The molecule has 1 aliphatic heterocycles. The van der Waals surface area contributed by atoms with E-state index in [-0.39, 0.29) is 34.2 Å². The van der Waals surface area contributed by atoms with Crippen molar-refractivity contribution in [3.05, 3.63) is 69.4 Å². The number of carboxylic acid groups (broad SMARTS) is 1. The first-order chi connectivity index (χ1) is 24.5. The number of carbonyl (C=O) groups excluding carboxylic acids is 1. The molecule has 0 saturated heterocycles. The van der Waals surface area contributed by atoms with E-state index in [1.807, 2.05) is 0 Å². The molecule has 19 heteroatoms. The lowest BCUT2D eigenvalue weighted by molar-refractivity contribution is -0.176. The molecule has 0 atom stereocenters. The average Bonchev–Trinajstić information content (AvgIpc) is 3.07. The molecular formula is C33H41N7O10S2. The van der Waals surface area contributed by atoms with Crippen LogP contribution in [-0.2, 0) is 20.2 Å². The molecule has 1 heterocycles. The molecule has 4 rings (SSSR count). The molecule has 1 amide bonds. The second kappa shape index (κ2) is 17.9. The smallest absolute Gasteiger partial charge is 0.336 e. The van der Waals surface area contributed by atoms with E-state index in [9.17, 15) is 40.6 Å². The van der Waals surface area contributed by atoms with E-state index < -0.39 is 69.9 Å². The second-order valence-electron chi connectivity index (χ2n) is 11.4. The van der Waals surface area contributed by atoms with Crippen molar-refractivity contribution in [2.45, 2.75) is 56.2 Å². The molecule has 0 saturated carbocycles. The van der Waals surface area contributed by atoms with Crippen molar-refractivity contribution in [3.63, 3.8) is 0 Å². The molecule has 0 aromatic heterocycles. The van der Waals surface area contributed by atoms with E-state index in [1.54, 1.807) is 0 Å². The number of carbonyl (C=O) groups is 2. The minimum absolute atomic E-state index is 0.0244. The fraction of sp³-hybridized carbons (Fsp3) is 0.364. The number of amides is 1. The largest absolute Gasteiger partial charge is 0.744 e. The number of rotatable bonds is 15. The number of hydrogen-bond donors (Lipinski definition) is 5. The number of azide groups is 1. The van der Waals surface area contributed by atoms with Gasteiger partial charge in [-0.2, -0.15) is 8.42 Å². The quantitative estimate of drug-likeness (QED) is 0.0222. The zero-order chi connectivity index (χ0) is 38.8. The van der Waals surface area contributed by atoms with Gasteiger partial charge in [0.05, 0.1) is 11.3 Å². The third-order valence-corrected chi connectivity index (χ3v) is 10.1. The van der Waals surface area contributed by atoms with Crippen molar-refractivity contribution < 1.29 is 50.5 Å². The number of nitrogens with two attached hydrogens (primary N) is 2. The summed E-state index contributed by atoms with van der Waals surface area (Å²) in [6.07, 6.45) is 2.85. The van der Waals surface area contributed by atoms with Crippen molar-refractivity contribution >= 4 is 48.8 Å². The number of aromatic carboxylic acids is 1. The summed E-state index contributed by atoms with van der Waals surface area (Å²) in [5, 5.41) is 21.5. The van der Waals surface area contributed by atoms with Crippen LogP contribution >= 0.6 is 0 Å². The van der Waals surface area contributed by atoms with Gasteiger partial charge in [-0.25, -0.2) is 13.2 Å². The molecule has 52 heavy (non-hydrogen) atoms. The number of unbranched alkanes of at least 4 members (excludes halogenated alkanes) is 3. The summed E-state index contributed by atoms with van der Waals surface area (Å²) in [4.78, 5) is 28.4. The van der Waals surface area contributed by atoms with Crippen LogP contribution in [0.15, 0.2) is 61.8 Å². The van der Waals surface area contributed by atoms with Gasteiger partial charge in [0.1, 0.15) is 15.0 Å². The maximum Gasteiger partial charge on any atom is 0.336 e. The Morgan fingerprint density at radius 3 is 2.17 bits per heavy atom. The summed E-state index contributed by atoms with van der Waals surface area (Å²) in [7, 11) is -10.5. The Labute approximate surface area is 300 Å². The Morgan fingerprint density at radius 1 is 0.981 bits per heavy atom. The molecule has 0 radical (unpaired) electrons. The molecule has 7 N–H and O–H groups in total. The fourth-order valence-corrected chi connectivity index (χ4v) is 7.06. The van der Waals surface area contributed by atoms with E-state index >= 15 is 0 Å². The molecule has 2 aromatic carbocycles. The number of carboxylic acids is 1. The predicted octanol–water partition coefficient (Wildman–Crippen LogP) is 3.24. The van der Waals surface area contributed by atoms with Crippen LogP contribution in [-0.4, -0.2) is 80.5 Å². The number of nitrogen functional groups attached to an aromatic ring is 1. The minimum atomic E-state index is -5.35. The van der Waals surface area contributed by atoms with Gasteiger partial charge in [0.2, 0.25) is 10.3 Å². The van der Waals surface area contributed by atoms with Crippen LogP contribution in [0.5, 0.6) is 0 Å². The molecule has 2 aromatic rings. The van der Waals surface area contributed by atoms with Gasteiger partial charge >= 0.3 is 16.1 Å². The molecule has 280 valence electrons. The highest BCUT2D eigenvalue weighted by atomic mass is 32.2. The third-order valence-electron chi connectivity index (χ3n) is 8.19. The molecule has 0 bridgehead atoms. The van der Waals surface area contributed by atoms with Gasteiger partial charge < -0.3 is 30.0 Å². The van der Waals surface area contributed by atoms with E-state index in [0.717, 1.165) is 31.0 Å². The Kier molecular flexibility index (Phi) is 14.3. The predicted molar refractivity (Wildman–Crippen MR) is 191 cm³/mol. The SMILES string of the molecule is CCN(CC)CC.[N-]=[N+]=NCCCCCCNC(=O)c1ccc(-c2c3ccc(=[NH2+])c(S(=O)(=O)O)c-3oc3c(S(=O)(=O)[O-])c(N)ccc23)c(C(=O)O)c1. The number of hydrogen-bond acceptors (Lipinski definition) is 11. The maximum absolute atomic E-state index is 12.9. The highest BCUT2D eigenvalue weighted by Gasteiger charge is 2.32. The maximum atomic E-state index is 12.9. The molecule has 0 unspecified atom stereocenters. The highest BCUT2D eigenvalue weighted by Crippen LogP contribution is 2.45. The Bertz CT molecular complexity index is 2240. The van der Waals surface area contributed by atoms with Gasteiger partial charge in [0.25, 0.3) is 5.91 Å². The summed E-state index contributed by atoms with van der Waals surface area (Å²) in [6.45, 7) is 10.8. The molecule has 0 spiro atoms. The van der Waals surface area contributed by atoms with E-state index in [1.165, 1.54) is 43.9 Å². The summed E-state index contributed by atoms with van der Waals surface area (Å²) in [5.74, 6) is -2.75. The van der Waals surface area contributed by atoms with Crippen molar-refractivity contribution in [3.8, 4) is 22.5 Å². The van der Waals surface area contributed by atoms with E-state index in [2.05, 4.69) is 41.0 Å². The zero-order valence-corrected chi connectivity index (χ0v) is 30.5. The van der Waals surface area contributed by atoms with Crippen LogP contribution in [0.2, 0.25) is 0 Å². The van der Waals surface area contributed by atoms with Crippen molar-refractivity contribution in [1.29, 1.82) is 0 Å². The van der Waals surface area contributed by atoms with Gasteiger partial charge in [-0.1, -0.05) is 44.8 Å². The van der Waals surface area contributed by atoms with Crippen LogP contribution in [0, 0.1) is 0 Å². The zero-order valence-electron chi connectivity index (χ0n) is 28.8. The minimum Gasteiger partial charge on any atom is -0.744 e. The standard InChI is InChI=1S/C27H26N6O10S2.C6H15N/c28-19-9-7-16-21(17-8-10-20(29)25(45(40,41)42)23(17)43-22(16)24(19)44(37,38)39)15-6-5-14(13-18(15)27(35)36)26(34)31-11-3-1-2-4-12-32-33-30;1-4-7(5-2)6-3/h5-10,13,28H,1-4,11-12,29H2,(H,31,34)(H,35,36)(H,37,38,39)(H,40,41,42);4-6H2,1-3H3. The first kappa shape index (κ1) is 41.4. The number of nitrogens with zero attached hydrogens (tertiary/aromatic N) is 4. The molecular weight excluding hydrogens is 719 g/mol. The molecule has 0 fully saturated rings. The summed E-state index contributed by atoms with van der Waals surface area (Å²) in [5.41, 5.74) is 12.0. The Hall–Kier alpha value is -5.04. The monoisotopic (exact) mass is 759 g/mol. The second-order valence-corrected chi connectivity index (χ2v) is 14.1. The van der Waals surface area contributed by atoms with Crippen LogP contribution in [0.1, 0.15) is 67.2 Å². The third kappa shape index (κ3) is 9.84. The van der Waals surface area contributed by atoms with Crippen molar-refractivity contribution in [1.82, 2.24) is 10.2 Å². The number of benzene rings is 3. The number of fused-ring (bicyclic) bond motifs is 2. The molecule has 2 aliphatic rings. The molecule has 17 nitrogen and oxygen atoms in total. The normalized spacial score (nSPS) is 11.6. The number of anilines is 1. The fourth-order valence-electron chi connectivity index (χ4n) is 5.57. The van der Waals surface area contributed by atoms with Crippen LogP contribution in [0.4, 0.5) is 5.69 Å². The first-order valence-corrected chi connectivity index (χ1v) is 19.1. The van der Waals surface area contributed by atoms with Gasteiger partial charge in [-0.05, 0) is 73.9 Å². The van der Waals surface area contributed by atoms with Crippen LogP contribution in [0.25, 0.3) is 43.9 Å². The Balaban J connectivity index is 0.000000944. The van der Waals surface area contributed by atoms with Crippen LogP contribution < -0.4 is 21.8 Å². The van der Waals surface area contributed by atoms with Gasteiger partial charge in [-0.3, -0.25) is 14.8 Å². The summed E-state index contributed by atoms with van der Waals surface area (Å²) in [6, 6.07) is 8.35. The summed E-state index contributed by atoms with van der Waals surface area (Å²) < 4.78 is 77.0. The van der Waals surface area contributed by atoms with Crippen molar-refractivity contribution in [2.24, 2.45) is 5.11 Å². The highest BCUT2D eigenvalue weighted by molar-refractivity contribution is 7.86. The Morgan fingerprint density at radius 2 is 1.62 bits per heavy atom. The summed E-state index contributed by atoms with van der Waals surface area (Å²) >= 11 is 0. The lowest BCUT2D eigenvalue weighted by Gasteiger charge is -2.21. The number of nitrogens with one attached hydrogen (secondary N) is 1. The van der Waals surface area contributed by atoms with Gasteiger partial charge in [0.15, 0.2) is 11.3 Å².